The van der Waals surface area contributed by atoms with Gasteiger partial charge in [-0.2, -0.15) is 10.4 Å². The predicted molar refractivity (Wildman–Crippen MR) is 59.7 cm³/mol. The maximum absolute atomic E-state index is 10.9. The standard InChI is InChI=1S/C11H8N4O2/c1-8-4-5-14(13-8)10-3-2-9(7-12)6-11(10)15(16)17/h2-6H,1H3. The molecule has 0 aliphatic heterocycles. The number of nitro groups is 1. The normalized spacial score (nSPS) is 9.88. The molecule has 0 bridgehead atoms. The number of aromatic nitrogens is 2. The summed E-state index contributed by atoms with van der Waals surface area (Å²) in [5.74, 6) is 0. The molecule has 1 aromatic carbocycles. The Morgan fingerprint density at radius 3 is 2.76 bits per heavy atom. The molecule has 1 aromatic heterocycles. The van der Waals surface area contributed by atoms with Crippen molar-refractivity contribution in [3.8, 4) is 11.8 Å². The average molecular weight is 228 g/mol. The van der Waals surface area contributed by atoms with Crippen LogP contribution in [0.4, 0.5) is 5.69 Å². The molecule has 2 aromatic rings. The minimum atomic E-state index is -0.521. The molecule has 0 N–H and O–H groups in total. The van der Waals surface area contributed by atoms with Crippen molar-refractivity contribution >= 4 is 5.69 Å². The van der Waals surface area contributed by atoms with Crippen LogP contribution in [0.2, 0.25) is 0 Å². The van der Waals surface area contributed by atoms with Gasteiger partial charge in [-0.25, -0.2) is 4.68 Å². The molecule has 0 radical (unpaired) electrons. The van der Waals surface area contributed by atoms with E-state index >= 15 is 0 Å². The number of rotatable bonds is 2. The van der Waals surface area contributed by atoms with Crippen LogP contribution >= 0.6 is 0 Å². The van der Waals surface area contributed by atoms with Crippen LogP contribution in [-0.4, -0.2) is 14.7 Å². The van der Waals surface area contributed by atoms with Crippen molar-refractivity contribution in [3.05, 3.63) is 51.8 Å². The minimum Gasteiger partial charge on any atom is -0.258 e. The predicted octanol–water partition coefficient (Wildman–Crippen LogP) is 1.96. The molecule has 17 heavy (non-hydrogen) atoms. The van der Waals surface area contributed by atoms with Crippen LogP contribution in [0.5, 0.6) is 0 Å². The first kappa shape index (κ1) is 10.8. The van der Waals surface area contributed by atoms with Crippen molar-refractivity contribution in [2.75, 3.05) is 0 Å². The fourth-order valence-electron chi connectivity index (χ4n) is 1.48. The number of nitriles is 1. The van der Waals surface area contributed by atoms with Crippen molar-refractivity contribution < 1.29 is 4.92 Å². The van der Waals surface area contributed by atoms with E-state index in [9.17, 15) is 10.1 Å². The highest BCUT2D eigenvalue weighted by Crippen LogP contribution is 2.23. The summed E-state index contributed by atoms with van der Waals surface area (Å²) in [6, 6.07) is 7.91. The Morgan fingerprint density at radius 1 is 1.47 bits per heavy atom. The largest absolute Gasteiger partial charge is 0.296 e. The van der Waals surface area contributed by atoms with Gasteiger partial charge in [0.15, 0.2) is 0 Å². The van der Waals surface area contributed by atoms with Gasteiger partial charge in [0.25, 0.3) is 5.69 Å². The topological polar surface area (TPSA) is 84.8 Å². The van der Waals surface area contributed by atoms with Gasteiger partial charge in [0.05, 0.1) is 22.2 Å². The molecule has 0 amide bonds. The maximum atomic E-state index is 10.9. The van der Waals surface area contributed by atoms with Crippen LogP contribution < -0.4 is 0 Å². The highest BCUT2D eigenvalue weighted by Gasteiger charge is 2.16. The van der Waals surface area contributed by atoms with E-state index < -0.39 is 4.92 Å². The van der Waals surface area contributed by atoms with Gasteiger partial charge in [0.2, 0.25) is 0 Å². The van der Waals surface area contributed by atoms with Crippen molar-refractivity contribution in [1.82, 2.24) is 9.78 Å². The summed E-state index contributed by atoms with van der Waals surface area (Å²) in [6.45, 7) is 1.80. The Bertz CT molecular complexity index is 625. The SMILES string of the molecule is Cc1ccn(-c2ccc(C#N)cc2[N+](=O)[O-])n1. The molecule has 6 heteroatoms. The summed E-state index contributed by atoms with van der Waals surface area (Å²) >= 11 is 0. The van der Waals surface area contributed by atoms with Crippen molar-refractivity contribution in [1.29, 1.82) is 5.26 Å². The second-order valence-electron chi connectivity index (χ2n) is 3.47. The zero-order valence-corrected chi connectivity index (χ0v) is 8.99. The van der Waals surface area contributed by atoms with Crippen LogP contribution in [0.3, 0.4) is 0 Å². The molecule has 0 atom stereocenters. The zero-order valence-electron chi connectivity index (χ0n) is 8.99. The molecular weight excluding hydrogens is 220 g/mol. The fraction of sp³-hybridized carbons (Fsp3) is 0.0909. The zero-order chi connectivity index (χ0) is 12.4. The molecule has 6 nitrogen and oxygen atoms in total. The van der Waals surface area contributed by atoms with E-state index in [4.69, 9.17) is 5.26 Å². The van der Waals surface area contributed by atoms with Gasteiger partial charge in [-0.15, -0.1) is 0 Å². The molecule has 0 fully saturated rings. The van der Waals surface area contributed by atoms with Gasteiger partial charge in [0, 0.05) is 12.3 Å². The lowest BCUT2D eigenvalue weighted by atomic mass is 10.2. The number of aryl methyl sites for hydroxylation is 1. The van der Waals surface area contributed by atoms with Gasteiger partial charge in [0.1, 0.15) is 5.69 Å². The number of hydrogen-bond acceptors (Lipinski definition) is 4. The van der Waals surface area contributed by atoms with Crippen molar-refractivity contribution in [2.45, 2.75) is 6.92 Å². The van der Waals surface area contributed by atoms with Crippen LogP contribution in [-0.2, 0) is 0 Å². The third kappa shape index (κ3) is 1.99. The van der Waals surface area contributed by atoms with Crippen LogP contribution in [0.25, 0.3) is 5.69 Å². The van der Waals surface area contributed by atoms with E-state index in [0.29, 0.717) is 5.69 Å². The highest BCUT2D eigenvalue weighted by molar-refractivity contribution is 5.56. The van der Waals surface area contributed by atoms with Crippen LogP contribution in [0.1, 0.15) is 11.3 Å². The first-order chi connectivity index (χ1) is 8.11. The molecule has 2 rings (SSSR count). The molecule has 0 aliphatic carbocycles. The Hall–Kier alpha value is -2.68. The lowest BCUT2D eigenvalue weighted by Gasteiger charge is -2.02. The average Bonchev–Trinajstić information content (AvgIpc) is 2.75. The Labute approximate surface area is 96.9 Å². The summed E-state index contributed by atoms with van der Waals surface area (Å²) in [6.07, 6.45) is 1.64. The Balaban J connectivity index is 2.62. The monoisotopic (exact) mass is 228 g/mol. The van der Waals surface area contributed by atoms with E-state index in [1.165, 1.54) is 22.9 Å². The molecule has 84 valence electrons. The lowest BCUT2D eigenvalue weighted by Crippen LogP contribution is -2.01. The Morgan fingerprint density at radius 2 is 2.24 bits per heavy atom. The van der Waals surface area contributed by atoms with E-state index in [2.05, 4.69) is 5.10 Å². The van der Waals surface area contributed by atoms with E-state index in [1.54, 1.807) is 19.2 Å². The van der Waals surface area contributed by atoms with Crippen LogP contribution in [0.15, 0.2) is 30.5 Å². The molecule has 1 heterocycles. The molecular formula is C11H8N4O2. The summed E-state index contributed by atoms with van der Waals surface area (Å²) in [4.78, 5) is 10.4. The van der Waals surface area contributed by atoms with Crippen molar-refractivity contribution in [2.24, 2.45) is 0 Å². The highest BCUT2D eigenvalue weighted by atomic mass is 16.6. The van der Waals surface area contributed by atoms with E-state index in [-0.39, 0.29) is 11.3 Å². The van der Waals surface area contributed by atoms with Gasteiger partial charge in [-0.05, 0) is 25.1 Å². The molecule has 0 saturated heterocycles. The van der Waals surface area contributed by atoms with Gasteiger partial charge in [-0.1, -0.05) is 0 Å². The summed E-state index contributed by atoms with van der Waals surface area (Å²) in [7, 11) is 0. The molecule has 0 unspecified atom stereocenters. The van der Waals surface area contributed by atoms with Gasteiger partial charge < -0.3 is 0 Å². The summed E-state index contributed by atoms with van der Waals surface area (Å²) < 4.78 is 1.43. The number of nitrogens with zero attached hydrogens (tertiary/aromatic N) is 4. The number of nitro benzene ring substituents is 1. The minimum absolute atomic E-state index is 0.132. The molecule has 0 saturated carbocycles. The van der Waals surface area contributed by atoms with Gasteiger partial charge in [-0.3, -0.25) is 10.1 Å². The third-order valence-corrected chi connectivity index (χ3v) is 2.27. The molecule has 0 spiro atoms. The van der Waals surface area contributed by atoms with Crippen molar-refractivity contribution in [3.63, 3.8) is 0 Å². The first-order valence-corrected chi connectivity index (χ1v) is 4.83. The third-order valence-electron chi connectivity index (χ3n) is 2.27. The number of hydrogen-bond donors (Lipinski definition) is 0. The van der Waals surface area contributed by atoms with E-state index in [0.717, 1.165) is 5.69 Å². The Kier molecular flexibility index (Phi) is 2.58. The number of benzene rings is 1. The molecule has 0 aliphatic rings. The smallest absolute Gasteiger partial charge is 0.258 e. The van der Waals surface area contributed by atoms with Crippen LogP contribution in [0, 0.1) is 28.4 Å². The second kappa shape index (κ2) is 4.06. The quantitative estimate of drug-likeness (QED) is 0.580. The summed E-state index contributed by atoms with van der Waals surface area (Å²) in [5, 5.41) is 23.7. The van der Waals surface area contributed by atoms with E-state index in [1.807, 2.05) is 6.07 Å². The fourth-order valence-corrected chi connectivity index (χ4v) is 1.48. The lowest BCUT2D eigenvalue weighted by molar-refractivity contribution is -0.384. The second-order valence-corrected chi connectivity index (χ2v) is 3.47. The first-order valence-electron chi connectivity index (χ1n) is 4.83. The van der Waals surface area contributed by atoms with Gasteiger partial charge >= 0.3 is 0 Å². The summed E-state index contributed by atoms with van der Waals surface area (Å²) in [5.41, 5.74) is 1.24. The maximum Gasteiger partial charge on any atom is 0.296 e.